The number of nitrogens with one attached hydrogen (secondary N) is 1. The maximum atomic E-state index is 12.0. The first kappa shape index (κ1) is 16.6. The molecule has 0 fully saturated rings. The minimum atomic E-state index is -3.64. The van der Waals surface area contributed by atoms with Crippen LogP contribution in [0.15, 0.2) is 59.7 Å². The lowest BCUT2D eigenvalue weighted by Gasteiger charge is -2.05. The van der Waals surface area contributed by atoms with Crippen LogP contribution in [-0.4, -0.2) is 19.1 Å². The van der Waals surface area contributed by atoms with E-state index in [0.717, 1.165) is 0 Å². The molecular formula is C15H15N3O4S. The number of sulfonamides is 1. The number of hydrogen-bond donors (Lipinski definition) is 1. The molecule has 0 saturated heterocycles. The fourth-order valence-electron chi connectivity index (χ4n) is 1.87. The largest absolute Gasteiger partial charge is 0.270 e. The zero-order valence-electron chi connectivity index (χ0n) is 12.3. The Kier molecular flexibility index (Phi) is 5.07. The van der Waals surface area contributed by atoms with E-state index in [0.29, 0.717) is 16.8 Å². The van der Waals surface area contributed by atoms with Crippen molar-refractivity contribution in [2.75, 3.05) is 0 Å². The number of benzene rings is 2. The molecule has 0 aliphatic rings. The van der Waals surface area contributed by atoms with Gasteiger partial charge in [-0.3, -0.25) is 10.1 Å². The maximum Gasteiger partial charge on any atom is 0.270 e. The van der Waals surface area contributed by atoms with Crippen molar-refractivity contribution in [1.82, 2.24) is 4.83 Å². The average Bonchev–Trinajstić information content (AvgIpc) is 2.53. The Morgan fingerprint density at radius 3 is 2.52 bits per heavy atom. The molecule has 0 saturated carbocycles. The lowest BCUT2D eigenvalue weighted by atomic mass is 10.1. The molecule has 120 valence electrons. The standard InChI is InChI=1S/C15H15N3O4S/c1-12(14-8-5-9-15(10-14)18(19)20)16-17-23(21,22)11-13-6-3-2-4-7-13/h2-10,17H,11H2,1H3/b16-12-. The summed E-state index contributed by atoms with van der Waals surface area (Å²) < 4.78 is 24.0. The zero-order valence-corrected chi connectivity index (χ0v) is 13.2. The number of nitro groups is 1. The Bertz CT molecular complexity index is 833. The van der Waals surface area contributed by atoms with Crippen molar-refractivity contribution in [2.45, 2.75) is 12.7 Å². The Hall–Kier alpha value is -2.74. The van der Waals surface area contributed by atoms with Crippen LogP contribution in [0.3, 0.4) is 0 Å². The van der Waals surface area contributed by atoms with Crippen LogP contribution in [0.5, 0.6) is 0 Å². The molecule has 2 aromatic carbocycles. The third-order valence-electron chi connectivity index (χ3n) is 3.03. The lowest BCUT2D eigenvalue weighted by molar-refractivity contribution is -0.384. The number of hydrogen-bond acceptors (Lipinski definition) is 5. The molecule has 0 radical (unpaired) electrons. The van der Waals surface area contributed by atoms with Crippen LogP contribution >= 0.6 is 0 Å². The summed E-state index contributed by atoms with van der Waals surface area (Å²) >= 11 is 0. The molecule has 7 nitrogen and oxygen atoms in total. The topological polar surface area (TPSA) is 102 Å². The zero-order chi connectivity index (χ0) is 16.9. The predicted molar refractivity (Wildman–Crippen MR) is 87.5 cm³/mol. The second kappa shape index (κ2) is 7.01. The van der Waals surface area contributed by atoms with Crippen molar-refractivity contribution in [1.29, 1.82) is 0 Å². The van der Waals surface area contributed by atoms with Crippen molar-refractivity contribution >= 4 is 21.4 Å². The highest BCUT2D eigenvalue weighted by molar-refractivity contribution is 7.88. The van der Waals surface area contributed by atoms with E-state index in [4.69, 9.17) is 0 Å². The van der Waals surface area contributed by atoms with Gasteiger partial charge in [0, 0.05) is 17.7 Å². The summed E-state index contributed by atoms with van der Waals surface area (Å²) in [7, 11) is -3.64. The van der Waals surface area contributed by atoms with Gasteiger partial charge < -0.3 is 0 Å². The van der Waals surface area contributed by atoms with Gasteiger partial charge in [0.2, 0.25) is 0 Å². The van der Waals surface area contributed by atoms with Gasteiger partial charge in [0.05, 0.1) is 16.4 Å². The molecule has 23 heavy (non-hydrogen) atoms. The fourth-order valence-corrected chi connectivity index (χ4v) is 2.84. The van der Waals surface area contributed by atoms with E-state index in [9.17, 15) is 18.5 Å². The Balaban J connectivity index is 2.12. The normalized spacial score (nSPS) is 12.0. The van der Waals surface area contributed by atoms with E-state index in [1.807, 2.05) is 0 Å². The van der Waals surface area contributed by atoms with E-state index < -0.39 is 14.9 Å². The van der Waals surface area contributed by atoms with Gasteiger partial charge in [0.25, 0.3) is 15.7 Å². The Morgan fingerprint density at radius 1 is 1.17 bits per heavy atom. The highest BCUT2D eigenvalue weighted by Gasteiger charge is 2.11. The third-order valence-corrected chi connectivity index (χ3v) is 4.11. The molecular weight excluding hydrogens is 318 g/mol. The van der Waals surface area contributed by atoms with Crippen LogP contribution in [-0.2, 0) is 15.8 Å². The minimum absolute atomic E-state index is 0.0795. The van der Waals surface area contributed by atoms with Crippen LogP contribution in [0.4, 0.5) is 5.69 Å². The van der Waals surface area contributed by atoms with Crippen molar-refractivity contribution in [3.05, 3.63) is 75.8 Å². The lowest BCUT2D eigenvalue weighted by Crippen LogP contribution is -2.21. The molecule has 0 aromatic heterocycles. The van der Waals surface area contributed by atoms with Crippen molar-refractivity contribution < 1.29 is 13.3 Å². The SMILES string of the molecule is C/C(=N/NS(=O)(=O)Cc1ccccc1)c1cccc([N+](=O)[O-])c1. The summed E-state index contributed by atoms with van der Waals surface area (Å²) in [5, 5.41) is 14.6. The molecule has 0 unspecified atom stereocenters. The molecule has 0 atom stereocenters. The predicted octanol–water partition coefficient (Wildman–Crippen LogP) is 2.44. The van der Waals surface area contributed by atoms with Crippen molar-refractivity contribution in [2.24, 2.45) is 5.10 Å². The molecule has 0 spiro atoms. The smallest absolute Gasteiger partial charge is 0.258 e. The highest BCUT2D eigenvalue weighted by atomic mass is 32.2. The molecule has 0 aliphatic carbocycles. The Labute approximate surface area is 133 Å². The van der Waals surface area contributed by atoms with E-state index in [2.05, 4.69) is 9.93 Å². The second-order valence-electron chi connectivity index (χ2n) is 4.84. The molecule has 0 amide bonds. The van der Waals surface area contributed by atoms with Gasteiger partial charge in [-0.2, -0.15) is 5.10 Å². The molecule has 0 bridgehead atoms. The van der Waals surface area contributed by atoms with Gasteiger partial charge in [0.15, 0.2) is 0 Å². The quantitative estimate of drug-likeness (QED) is 0.498. The molecule has 8 heteroatoms. The van der Waals surface area contributed by atoms with Crippen LogP contribution < -0.4 is 4.83 Å². The van der Waals surface area contributed by atoms with E-state index in [1.54, 1.807) is 43.3 Å². The maximum absolute atomic E-state index is 12.0. The third kappa shape index (κ3) is 4.89. The molecule has 1 N–H and O–H groups in total. The van der Waals surface area contributed by atoms with Crippen LogP contribution in [0.25, 0.3) is 0 Å². The summed E-state index contributed by atoms with van der Waals surface area (Å²) in [6.07, 6.45) is 0. The summed E-state index contributed by atoms with van der Waals surface area (Å²) in [4.78, 5) is 12.4. The fraction of sp³-hybridized carbons (Fsp3) is 0.133. The van der Waals surface area contributed by atoms with E-state index >= 15 is 0 Å². The van der Waals surface area contributed by atoms with Gasteiger partial charge in [0.1, 0.15) is 0 Å². The summed E-state index contributed by atoms with van der Waals surface area (Å²) in [6.45, 7) is 1.57. The number of nitrogens with zero attached hydrogens (tertiary/aromatic N) is 2. The van der Waals surface area contributed by atoms with Gasteiger partial charge in [-0.15, -0.1) is 0 Å². The summed E-state index contributed by atoms with van der Waals surface area (Å²) in [5.74, 6) is -0.195. The van der Waals surface area contributed by atoms with Crippen LogP contribution in [0, 0.1) is 10.1 Å². The first-order chi connectivity index (χ1) is 10.9. The molecule has 0 heterocycles. The number of non-ortho nitro benzene ring substituents is 1. The number of nitro benzene ring substituents is 1. The van der Waals surface area contributed by atoms with Gasteiger partial charge >= 0.3 is 0 Å². The highest BCUT2D eigenvalue weighted by Crippen LogP contribution is 2.13. The van der Waals surface area contributed by atoms with E-state index in [1.165, 1.54) is 18.2 Å². The first-order valence-electron chi connectivity index (χ1n) is 6.70. The van der Waals surface area contributed by atoms with Gasteiger partial charge in [-0.1, -0.05) is 42.5 Å². The summed E-state index contributed by atoms with van der Waals surface area (Å²) in [6, 6.07) is 14.6. The Morgan fingerprint density at radius 2 is 1.87 bits per heavy atom. The average molecular weight is 333 g/mol. The van der Waals surface area contributed by atoms with Crippen LogP contribution in [0.2, 0.25) is 0 Å². The molecule has 2 aromatic rings. The van der Waals surface area contributed by atoms with E-state index in [-0.39, 0.29) is 11.4 Å². The summed E-state index contributed by atoms with van der Waals surface area (Å²) in [5.41, 5.74) is 1.37. The van der Waals surface area contributed by atoms with Crippen molar-refractivity contribution in [3.8, 4) is 0 Å². The molecule has 2 rings (SSSR count). The molecule has 0 aliphatic heterocycles. The first-order valence-corrected chi connectivity index (χ1v) is 8.35. The second-order valence-corrected chi connectivity index (χ2v) is 6.54. The van der Waals surface area contributed by atoms with Gasteiger partial charge in [-0.05, 0) is 12.5 Å². The van der Waals surface area contributed by atoms with Crippen molar-refractivity contribution in [3.63, 3.8) is 0 Å². The number of hydrazone groups is 1. The minimum Gasteiger partial charge on any atom is -0.258 e. The monoisotopic (exact) mass is 333 g/mol. The van der Waals surface area contributed by atoms with Crippen LogP contribution in [0.1, 0.15) is 18.1 Å². The number of rotatable bonds is 6. The van der Waals surface area contributed by atoms with Gasteiger partial charge in [-0.25, -0.2) is 13.2 Å².